The van der Waals surface area contributed by atoms with Crippen LogP contribution in [0.2, 0.25) is 0 Å². The van der Waals surface area contributed by atoms with Crippen molar-refractivity contribution in [1.29, 1.82) is 0 Å². The number of nitrogens with one attached hydrogen (secondary N) is 1. The molecule has 1 saturated heterocycles. The van der Waals surface area contributed by atoms with Crippen LogP contribution in [0.1, 0.15) is 40.4 Å². The first-order valence-electron chi connectivity index (χ1n) is 8.58. The molecule has 1 heterocycles. The van der Waals surface area contributed by atoms with Gasteiger partial charge >= 0.3 is 0 Å². The number of hydrogen-bond donors (Lipinski definition) is 2. The van der Waals surface area contributed by atoms with Crippen LogP contribution in [0.15, 0.2) is 48.5 Å². The molecule has 3 N–H and O–H groups in total. The lowest BCUT2D eigenvalue weighted by atomic mass is 10.0. The maximum absolute atomic E-state index is 12.4. The molecule has 126 valence electrons. The molecule has 1 amide bonds. The lowest BCUT2D eigenvalue weighted by Gasteiger charge is -2.28. The smallest absolute Gasteiger partial charge is 0.251 e. The SMILES string of the molecule is Cc1ccc(C(CNC(=O)c2cccc(N)c2)N2CCCC2)cc1. The second-order valence-corrected chi connectivity index (χ2v) is 6.51. The molecule has 1 atom stereocenters. The standard InChI is InChI=1S/C20H25N3O/c1-15-7-9-16(10-8-15)19(23-11-2-3-12-23)14-22-20(24)17-5-4-6-18(21)13-17/h4-10,13,19H,2-3,11-12,14,21H2,1H3,(H,22,24). The van der Waals surface area contributed by atoms with E-state index in [1.54, 1.807) is 18.2 Å². The predicted octanol–water partition coefficient (Wildman–Crippen LogP) is 3.14. The van der Waals surface area contributed by atoms with Crippen LogP contribution in [0.25, 0.3) is 0 Å². The lowest BCUT2D eigenvalue weighted by Crippen LogP contribution is -2.36. The summed E-state index contributed by atoms with van der Waals surface area (Å²) in [5.41, 5.74) is 9.50. The highest BCUT2D eigenvalue weighted by Gasteiger charge is 2.24. The topological polar surface area (TPSA) is 58.4 Å². The molecule has 1 aliphatic heterocycles. The molecule has 0 aliphatic carbocycles. The van der Waals surface area contributed by atoms with E-state index in [4.69, 9.17) is 5.73 Å². The molecule has 1 unspecified atom stereocenters. The number of aryl methyl sites for hydroxylation is 1. The Kier molecular flexibility index (Phi) is 5.16. The quantitative estimate of drug-likeness (QED) is 0.831. The Morgan fingerprint density at radius 2 is 1.88 bits per heavy atom. The number of anilines is 1. The number of hydrogen-bond acceptors (Lipinski definition) is 3. The molecule has 0 radical (unpaired) electrons. The lowest BCUT2D eigenvalue weighted by molar-refractivity contribution is 0.0938. The molecule has 3 rings (SSSR count). The summed E-state index contributed by atoms with van der Waals surface area (Å²) >= 11 is 0. The first-order chi connectivity index (χ1) is 11.6. The number of carbonyl (C=O) groups excluding carboxylic acids is 1. The first-order valence-corrected chi connectivity index (χ1v) is 8.58. The van der Waals surface area contributed by atoms with E-state index in [1.807, 2.05) is 6.07 Å². The molecule has 0 bridgehead atoms. The first kappa shape index (κ1) is 16.5. The summed E-state index contributed by atoms with van der Waals surface area (Å²) in [7, 11) is 0. The van der Waals surface area contributed by atoms with Crippen molar-refractivity contribution in [3.05, 3.63) is 65.2 Å². The van der Waals surface area contributed by atoms with Crippen LogP contribution >= 0.6 is 0 Å². The van der Waals surface area contributed by atoms with E-state index in [2.05, 4.69) is 41.4 Å². The molecular formula is C20H25N3O. The molecule has 4 heteroatoms. The predicted molar refractivity (Wildman–Crippen MR) is 97.9 cm³/mol. The molecular weight excluding hydrogens is 298 g/mol. The van der Waals surface area contributed by atoms with Gasteiger partial charge in [0.15, 0.2) is 0 Å². The van der Waals surface area contributed by atoms with Crippen LogP contribution in [0.4, 0.5) is 5.69 Å². The van der Waals surface area contributed by atoms with Crippen LogP contribution < -0.4 is 11.1 Å². The number of nitrogens with zero attached hydrogens (tertiary/aromatic N) is 1. The van der Waals surface area contributed by atoms with Gasteiger partial charge in [0.1, 0.15) is 0 Å². The largest absolute Gasteiger partial charge is 0.399 e. The Morgan fingerprint density at radius 3 is 2.54 bits per heavy atom. The van der Waals surface area contributed by atoms with E-state index < -0.39 is 0 Å². The fourth-order valence-electron chi connectivity index (χ4n) is 3.27. The van der Waals surface area contributed by atoms with Crippen molar-refractivity contribution < 1.29 is 4.79 Å². The van der Waals surface area contributed by atoms with Gasteiger partial charge in [-0.1, -0.05) is 35.9 Å². The van der Waals surface area contributed by atoms with Gasteiger partial charge in [0.25, 0.3) is 5.91 Å². The zero-order valence-electron chi connectivity index (χ0n) is 14.2. The van der Waals surface area contributed by atoms with E-state index in [9.17, 15) is 4.79 Å². The van der Waals surface area contributed by atoms with E-state index in [1.165, 1.54) is 24.0 Å². The van der Waals surface area contributed by atoms with E-state index in [0.717, 1.165) is 13.1 Å². The van der Waals surface area contributed by atoms with Crippen molar-refractivity contribution in [3.63, 3.8) is 0 Å². The van der Waals surface area contributed by atoms with Crippen LogP contribution in [0.5, 0.6) is 0 Å². The van der Waals surface area contributed by atoms with Gasteiger partial charge in [-0.3, -0.25) is 9.69 Å². The molecule has 0 aromatic heterocycles. The summed E-state index contributed by atoms with van der Waals surface area (Å²) in [6.07, 6.45) is 2.46. The van der Waals surface area contributed by atoms with Crippen molar-refractivity contribution in [2.45, 2.75) is 25.8 Å². The number of benzene rings is 2. The fourth-order valence-corrected chi connectivity index (χ4v) is 3.27. The third-order valence-corrected chi connectivity index (χ3v) is 4.65. The highest BCUT2D eigenvalue weighted by atomic mass is 16.1. The van der Waals surface area contributed by atoms with Gasteiger partial charge in [-0.15, -0.1) is 0 Å². The number of carbonyl (C=O) groups is 1. The number of nitrogen functional groups attached to an aromatic ring is 1. The van der Waals surface area contributed by atoms with Gasteiger partial charge in [0, 0.05) is 17.8 Å². The maximum Gasteiger partial charge on any atom is 0.251 e. The molecule has 0 spiro atoms. The Labute approximate surface area is 143 Å². The van der Waals surface area contributed by atoms with Crippen LogP contribution in [-0.4, -0.2) is 30.4 Å². The maximum atomic E-state index is 12.4. The van der Waals surface area contributed by atoms with E-state index in [-0.39, 0.29) is 11.9 Å². The summed E-state index contributed by atoms with van der Waals surface area (Å²) < 4.78 is 0. The summed E-state index contributed by atoms with van der Waals surface area (Å²) in [6.45, 7) is 4.88. The number of likely N-dealkylation sites (tertiary alicyclic amines) is 1. The minimum atomic E-state index is -0.0707. The molecule has 4 nitrogen and oxygen atoms in total. The zero-order valence-corrected chi connectivity index (χ0v) is 14.2. The van der Waals surface area contributed by atoms with Gasteiger partial charge in [-0.25, -0.2) is 0 Å². The van der Waals surface area contributed by atoms with E-state index in [0.29, 0.717) is 17.8 Å². The van der Waals surface area contributed by atoms with Crippen molar-refractivity contribution in [2.75, 3.05) is 25.4 Å². The van der Waals surface area contributed by atoms with Crippen molar-refractivity contribution in [2.24, 2.45) is 0 Å². The van der Waals surface area contributed by atoms with E-state index >= 15 is 0 Å². The Bertz CT molecular complexity index is 690. The minimum absolute atomic E-state index is 0.0707. The van der Waals surface area contributed by atoms with Crippen LogP contribution in [0, 0.1) is 6.92 Å². The summed E-state index contributed by atoms with van der Waals surface area (Å²) in [5, 5.41) is 3.08. The van der Waals surface area contributed by atoms with Gasteiger partial charge < -0.3 is 11.1 Å². The van der Waals surface area contributed by atoms with Crippen molar-refractivity contribution >= 4 is 11.6 Å². The third kappa shape index (κ3) is 3.95. The van der Waals surface area contributed by atoms with Crippen LogP contribution in [0.3, 0.4) is 0 Å². The Hall–Kier alpha value is -2.33. The average Bonchev–Trinajstić information content (AvgIpc) is 3.11. The monoisotopic (exact) mass is 323 g/mol. The average molecular weight is 323 g/mol. The van der Waals surface area contributed by atoms with Gasteiger partial charge in [-0.05, 0) is 56.6 Å². The Balaban J connectivity index is 1.72. The minimum Gasteiger partial charge on any atom is -0.399 e. The summed E-state index contributed by atoms with van der Waals surface area (Å²) in [5.74, 6) is -0.0707. The third-order valence-electron chi connectivity index (χ3n) is 4.65. The van der Waals surface area contributed by atoms with Gasteiger partial charge in [0.05, 0.1) is 6.04 Å². The highest BCUT2D eigenvalue weighted by Crippen LogP contribution is 2.25. The molecule has 1 aliphatic rings. The van der Waals surface area contributed by atoms with Crippen LogP contribution in [-0.2, 0) is 0 Å². The molecule has 2 aromatic carbocycles. The van der Waals surface area contributed by atoms with Crippen molar-refractivity contribution in [3.8, 4) is 0 Å². The number of nitrogens with two attached hydrogens (primary N) is 1. The van der Waals surface area contributed by atoms with Gasteiger partial charge in [-0.2, -0.15) is 0 Å². The second kappa shape index (κ2) is 7.49. The fraction of sp³-hybridized carbons (Fsp3) is 0.350. The number of rotatable bonds is 5. The van der Waals surface area contributed by atoms with Gasteiger partial charge in [0.2, 0.25) is 0 Å². The second-order valence-electron chi connectivity index (χ2n) is 6.51. The molecule has 0 saturated carbocycles. The Morgan fingerprint density at radius 1 is 1.17 bits per heavy atom. The normalized spacial score (nSPS) is 16.0. The summed E-state index contributed by atoms with van der Waals surface area (Å²) in [6, 6.07) is 15.9. The molecule has 1 fully saturated rings. The number of amides is 1. The zero-order chi connectivity index (χ0) is 16.9. The highest BCUT2D eigenvalue weighted by molar-refractivity contribution is 5.95. The molecule has 2 aromatic rings. The summed E-state index contributed by atoms with van der Waals surface area (Å²) in [4.78, 5) is 14.9. The molecule has 24 heavy (non-hydrogen) atoms. The van der Waals surface area contributed by atoms with Crippen molar-refractivity contribution in [1.82, 2.24) is 10.2 Å².